The van der Waals surface area contributed by atoms with Gasteiger partial charge in [0.05, 0.1) is 12.7 Å². The number of esters is 1. The van der Waals surface area contributed by atoms with Crippen LogP contribution in [0.25, 0.3) is 0 Å². The molecule has 0 radical (unpaired) electrons. The summed E-state index contributed by atoms with van der Waals surface area (Å²) in [5.41, 5.74) is 5.34. The van der Waals surface area contributed by atoms with E-state index in [0.29, 0.717) is 19.4 Å². The first-order valence-electron chi connectivity index (χ1n) is 5.66. The van der Waals surface area contributed by atoms with Gasteiger partial charge >= 0.3 is 5.97 Å². The van der Waals surface area contributed by atoms with E-state index >= 15 is 0 Å². The lowest BCUT2D eigenvalue weighted by molar-refractivity contribution is -0.142. The van der Waals surface area contributed by atoms with Gasteiger partial charge in [-0.25, -0.2) is 0 Å². The summed E-state index contributed by atoms with van der Waals surface area (Å²) in [5.74, 6) is -0.198. The standard InChI is InChI=1S/C12H25NO3/c1-11(2,13)8-9-16-12(3,4)7-6-10(14)15-5/h6-9,13H2,1-5H3. The molecule has 0 rings (SSSR count). The lowest BCUT2D eigenvalue weighted by Crippen LogP contribution is -2.35. The number of methoxy groups -OCH3 is 1. The zero-order valence-corrected chi connectivity index (χ0v) is 11.1. The van der Waals surface area contributed by atoms with Crippen molar-refractivity contribution in [1.82, 2.24) is 0 Å². The molecule has 0 amide bonds. The van der Waals surface area contributed by atoms with E-state index in [4.69, 9.17) is 10.5 Å². The molecule has 2 N–H and O–H groups in total. The highest BCUT2D eigenvalue weighted by Gasteiger charge is 2.21. The molecule has 4 heteroatoms. The molecule has 0 unspecified atom stereocenters. The molecule has 0 aromatic rings. The van der Waals surface area contributed by atoms with E-state index in [2.05, 4.69) is 4.74 Å². The molecule has 0 saturated carbocycles. The Balaban J connectivity index is 3.82. The molecule has 4 nitrogen and oxygen atoms in total. The third-order valence-corrected chi connectivity index (χ3v) is 2.40. The van der Waals surface area contributed by atoms with Crippen LogP contribution in [0.5, 0.6) is 0 Å². The minimum absolute atomic E-state index is 0.198. The molecule has 16 heavy (non-hydrogen) atoms. The molecule has 0 aromatic carbocycles. The summed E-state index contributed by atoms with van der Waals surface area (Å²) in [6, 6.07) is 0. The fourth-order valence-electron chi connectivity index (χ4n) is 1.17. The molecule has 0 aliphatic rings. The monoisotopic (exact) mass is 231 g/mol. The second-order valence-corrected chi connectivity index (χ2v) is 5.42. The number of nitrogens with two attached hydrogens (primary N) is 1. The van der Waals surface area contributed by atoms with Crippen LogP contribution in [0, 0.1) is 0 Å². The van der Waals surface area contributed by atoms with Crippen LogP contribution >= 0.6 is 0 Å². The minimum atomic E-state index is -0.306. The number of ether oxygens (including phenoxy) is 2. The van der Waals surface area contributed by atoms with E-state index in [0.717, 1.165) is 6.42 Å². The number of carbonyl (C=O) groups excluding carboxylic acids is 1. The first-order valence-corrected chi connectivity index (χ1v) is 5.66. The maximum atomic E-state index is 11.0. The summed E-state index contributed by atoms with van der Waals surface area (Å²) in [6.45, 7) is 8.49. The molecular formula is C12H25NO3. The zero-order valence-electron chi connectivity index (χ0n) is 11.1. The largest absolute Gasteiger partial charge is 0.469 e. The predicted octanol–water partition coefficient (Wildman–Crippen LogP) is 1.86. The summed E-state index contributed by atoms with van der Waals surface area (Å²) < 4.78 is 10.3. The molecule has 0 fully saturated rings. The van der Waals surface area contributed by atoms with Gasteiger partial charge in [0.15, 0.2) is 0 Å². The number of rotatable bonds is 7. The Labute approximate surface area is 98.5 Å². The second-order valence-electron chi connectivity index (χ2n) is 5.42. The second kappa shape index (κ2) is 6.21. The van der Waals surface area contributed by atoms with Gasteiger partial charge in [-0.1, -0.05) is 0 Å². The summed E-state index contributed by atoms with van der Waals surface area (Å²) in [5, 5.41) is 0. The van der Waals surface area contributed by atoms with Crippen molar-refractivity contribution in [1.29, 1.82) is 0 Å². The van der Waals surface area contributed by atoms with Gasteiger partial charge < -0.3 is 15.2 Å². The quantitative estimate of drug-likeness (QED) is 0.679. The van der Waals surface area contributed by atoms with Crippen molar-refractivity contribution in [3.05, 3.63) is 0 Å². The van der Waals surface area contributed by atoms with Crippen LogP contribution in [-0.4, -0.2) is 30.8 Å². The van der Waals surface area contributed by atoms with Gasteiger partial charge in [-0.2, -0.15) is 0 Å². The smallest absolute Gasteiger partial charge is 0.305 e. The lowest BCUT2D eigenvalue weighted by atomic mass is 10.0. The molecule has 0 bridgehead atoms. The van der Waals surface area contributed by atoms with Crippen LogP contribution in [0.4, 0.5) is 0 Å². The first-order chi connectivity index (χ1) is 7.16. The van der Waals surface area contributed by atoms with Gasteiger partial charge in [0, 0.05) is 18.6 Å². The lowest BCUT2D eigenvalue weighted by Gasteiger charge is -2.27. The molecule has 96 valence electrons. The Kier molecular flexibility index (Phi) is 5.97. The fraction of sp³-hybridized carbons (Fsp3) is 0.917. The predicted molar refractivity (Wildman–Crippen MR) is 64.2 cm³/mol. The summed E-state index contributed by atoms with van der Waals surface area (Å²) in [6.07, 6.45) is 1.84. The van der Waals surface area contributed by atoms with Crippen LogP contribution < -0.4 is 5.73 Å². The van der Waals surface area contributed by atoms with Crippen LogP contribution in [0.1, 0.15) is 47.0 Å². The normalized spacial score (nSPS) is 12.6. The number of hydrogen-bond acceptors (Lipinski definition) is 4. The van der Waals surface area contributed by atoms with Crippen LogP contribution in [0.3, 0.4) is 0 Å². The topological polar surface area (TPSA) is 61.5 Å². The number of carbonyl (C=O) groups is 1. The molecule has 0 saturated heterocycles. The zero-order chi connectivity index (χ0) is 12.8. The van der Waals surface area contributed by atoms with E-state index in [1.54, 1.807) is 0 Å². The van der Waals surface area contributed by atoms with E-state index in [-0.39, 0.29) is 17.1 Å². The van der Waals surface area contributed by atoms with Gasteiger partial charge in [0.1, 0.15) is 0 Å². The van der Waals surface area contributed by atoms with Gasteiger partial charge in [-0.3, -0.25) is 4.79 Å². The van der Waals surface area contributed by atoms with Crippen molar-refractivity contribution in [2.75, 3.05) is 13.7 Å². The van der Waals surface area contributed by atoms with Crippen LogP contribution in [0.2, 0.25) is 0 Å². The van der Waals surface area contributed by atoms with Gasteiger partial charge in [0.25, 0.3) is 0 Å². The molecule has 0 heterocycles. The van der Waals surface area contributed by atoms with Crippen molar-refractivity contribution >= 4 is 5.97 Å². The number of hydrogen-bond donors (Lipinski definition) is 1. The summed E-state index contributed by atoms with van der Waals surface area (Å²) in [7, 11) is 1.40. The van der Waals surface area contributed by atoms with Gasteiger partial charge in [-0.15, -0.1) is 0 Å². The third-order valence-electron chi connectivity index (χ3n) is 2.40. The summed E-state index contributed by atoms with van der Waals surface area (Å²) in [4.78, 5) is 11.0. The third kappa shape index (κ3) is 8.68. The fourth-order valence-corrected chi connectivity index (χ4v) is 1.17. The molecule has 0 atom stereocenters. The van der Waals surface area contributed by atoms with Crippen molar-refractivity contribution in [2.24, 2.45) is 5.73 Å². The average Bonchev–Trinajstić information content (AvgIpc) is 2.12. The van der Waals surface area contributed by atoms with Gasteiger partial charge in [0.2, 0.25) is 0 Å². The Morgan fingerprint density at radius 1 is 1.19 bits per heavy atom. The van der Waals surface area contributed by atoms with E-state index < -0.39 is 0 Å². The molecule has 0 spiro atoms. The van der Waals surface area contributed by atoms with E-state index in [1.165, 1.54) is 7.11 Å². The Morgan fingerprint density at radius 2 is 1.75 bits per heavy atom. The molecule has 0 aliphatic heterocycles. The van der Waals surface area contributed by atoms with Crippen molar-refractivity contribution in [2.45, 2.75) is 58.1 Å². The van der Waals surface area contributed by atoms with Crippen molar-refractivity contribution < 1.29 is 14.3 Å². The molecule has 0 aliphatic carbocycles. The SMILES string of the molecule is COC(=O)CCC(C)(C)OCCC(C)(C)N. The highest BCUT2D eigenvalue weighted by molar-refractivity contribution is 5.69. The van der Waals surface area contributed by atoms with E-state index in [1.807, 2.05) is 27.7 Å². The van der Waals surface area contributed by atoms with Crippen LogP contribution in [-0.2, 0) is 14.3 Å². The van der Waals surface area contributed by atoms with Crippen molar-refractivity contribution in [3.63, 3.8) is 0 Å². The first kappa shape index (κ1) is 15.4. The Hall–Kier alpha value is -0.610. The molecular weight excluding hydrogens is 206 g/mol. The minimum Gasteiger partial charge on any atom is -0.469 e. The van der Waals surface area contributed by atoms with E-state index in [9.17, 15) is 4.79 Å². The average molecular weight is 231 g/mol. The molecule has 0 aromatic heterocycles. The Morgan fingerprint density at radius 3 is 2.19 bits per heavy atom. The highest BCUT2D eigenvalue weighted by atomic mass is 16.5. The maximum Gasteiger partial charge on any atom is 0.305 e. The highest BCUT2D eigenvalue weighted by Crippen LogP contribution is 2.18. The van der Waals surface area contributed by atoms with Crippen LogP contribution in [0.15, 0.2) is 0 Å². The van der Waals surface area contributed by atoms with Gasteiger partial charge in [-0.05, 0) is 40.5 Å². The maximum absolute atomic E-state index is 11.0. The van der Waals surface area contributed by atoms with Crippen molar-refractivity contribution in [3.8, 4) is 0 Å². The summed E-state index contributed by atoms with van der Waals surface area (Å²) >= 11 is 0. The Bertz CT molecular complexity index is 219.